The van der Waals surface area contributed by atoms with Crippen LogP contribution in [0.2, 0.25) is 0 Å². The summed E-state index contributed by atoms with van der Waals surface area (Å²) in [5.74, 6) is 0.703. The van der Waals surface area contributed by atoms with Crippen LogP contribution in [0.25, 0.3) is 0 Å². The maximum atomic E-state index is 10.4. The van der Waals surface area contributed by atoms with Crippen molar-refractivity contribution in [3.63, 3.8) is 0 Å². The summed E-state index contributed by atoms with van der Waals surface area (Å²) >= 11 is 0. The van der Waals surface area contributed by atoms with Crippen molar-refractivity contribution < 1.29 is 9.53 Å². The maximum Gasteiger partial charge on any atom is 0.166 e. The van der Waals surface area contributed by atoms with Crippen LogP contribution in [0, 0.1) is 0 Å². The molecular formula is C18H38N2O2. The van der Waals surface area contributed by atoms with Gasteiger partial charge in [-0.05, 0) is 45.5 Å². The molecule has 132 valence electrons. The molecule has 0 saturated carbocycles. The van der Waals surface area contributed by atoms with Crippen LogP contribution in [0.15, 0.2) is 23.6 Å². The lowest BCUT2D eigenvalue weighted by molar-refractivity contribution is -0.105. The summed E-state index contributed by atoms with van der Waals surface area (Å²) in [6, 6.07) is 0. The van der Waals surface area contributed by atoms with Gasteiger partial charge in [0, 0.05) is 13.1 Å². The SMILES string of the molecule is CC.CC/C=C(\C=C(\C=O)NC)OC.CCCN(C)CCC. The second-order valence-corrected chi connectivity index (χ2v) is 4.49. The van der Waals surface area contributed by atoms with Gasteiger partial charge in [-0.2, -0.15) is 0 Å². The van der Waals surface area contributed by atoms with E-state index in [-0.39, 0.29) is 0 Å². The summed E-state index contributed by atoms with van der Waals surface area (Å²) in [6.07, 6.45) is 7.75. The first-order valence-electron chi connectivity index (χ1n) is 8.36. The Morgan fingerprint density at radius 3 is 1.91 bits per heavy atom. The van der Waals surface area contributed by atoms with Gasteiger partial charge in [-0.3, -0.25) is 4.79 Å². The minimum atomic E-state index is 0.511. The zero-order valence-electron chi connectivity index (χ0n) is 16.0. The minimum Gasteiger partial charge on any atom is -0.497 e. The highest BCUT2D eigenvalue weighted by atomic mass is 16.5. The number of likely N-dealkylation sites (N-methyl/N-ethyl adjacent to an activating group) is 1. The normalized spacial score (nSPS) is 11.0. The van der Waals surface area contributed by atoms with Gasteiger partial charge in [0.15, 0.2) is 6.29 Å². The molecule has 0 heterocycles. The van der Waals surface area contributed by atoms with Crippen LogP contribution in [0.4, 0.5) is 0 Å². The third kappa shape index (κ3) is 18.7. The van der Waals surface area contributed by atoms with Crippen LogP contribution in [0.1, 0.15) is 53.9 Å². The number of nitrogens with one attached hydrogen (secondary N) is 1. The number of carbonyl (C=O) groups excluding carboxylic acids is 1. The Morgan fingerprint density at radius 1 is 1.14 bits per heavy atom. The molecule has 1 N–H and O–H groups in total. The van der Waals surface area contributed by atoms with E-state index in [2.05, 4.69) is 31.1 Å². The summed E-state index contributed by atoms with van der Waals surface area (Å²) in [4.78, 5) is 12.7. The number of methoxy groups -OCH3 is 1. The molecule has 0 radical (unpaired) electrons. The Balaban J connectivity index is -0.000000313. The number of ether oxygens (including phenoxy) is 1. The van der Waals surface area contributed by atoms with Crippen molar-refractivity contribution in [2.45, 2.75) is 53.9 Å². The Kier molecular flexibility index (Phi) is 25.7. The predicted octanol–water partition coefficient (Wildman–Crippen LogP) is 3.99. The van der Waals surface area contributed by atoms with Crippen LogP contribution >= 0.6 is 0 Å². The average Bonchev–Trinajstić information content (AvgIpc) is 2.54. The number of aldehydes is 1. The van der Waals surface area contributed by atoms with Gasteiger partial charge in [-0.15, -0.1) is 0 Å². The third-order valence-electron chi connectivity index (χ3n) is 2.57. The highest BCUT2D eigenvalue weighted by molar-refractivity contribution is 5.72. The summed E-state index contributed by atoms with van der Waals surface area (Å²) in [6.45, 7) is 12.9. The molecule has 0 aliphatic heterocycles. The second-order valence-electron chi connectivity index (χ2n) is 4.49. The Bertz CT molecular complexity index is 281. The molecule has 0 amide bonds. The number of nitrogens with zero attached hydrogens (tertiary/aromatic N) is 1. The van der Waals surface area contributed by atoms with Gasteiger partial charge in [-0.1, -0.05) is 34.6 Å². The zero-order valence-corrected chi connectivity index (χ0v) is 16.0. The lowest BCUT2D eigenvalue weighted by Gasteiger charge is -2.12. The van der Waals surface area contributed by atoms with Crippen LogP contribution in [0.3, 0.4) is 0 Å². The monoisotopic (exact) mass is 314 g/mol. The lowest BCUT2D eigenvalue weighted by Crippen LogP contribution is -2.19. The van der Waals surface area contributed by atoms with Gasteiger partial charge in [0.25, 0.3) is 0 Å². The molecule has 0 rings (SSSR count). The molecular weight excluding hydrogens is 276 g/mol. The van der Waals surface area contributed by atoms with E-state index < -0.39 is 0 Å². The van der Waals surface area contributed by atoms with Crippen molar-refractivity contribution in [3.8, 4) is 0 Å². The summed E-state index contributed by atoms with van der Waals surface area (Å²) in [5.41, 5.74) is 0.511. The Morgan fingerprint density at radius 2 is 1.64 bits per heavy atom. The molecule has 0 spiro atoms. The standard InChI is InChI=1S/C9H15NO2.C7H17N.C2H6/c1-4-5-9(12-3)6-8(7-11)10-2;1-4-6-8(3)7-5-2;1-2/h5-7,10H,4H2,1-3H3;4-7H2,1-3H3;1-2H3/b8-6-,9-5+;;. The van der Waals surface area contributed by atoms with Gasteiger partial charge in [0.2, 0.25) is 0 Å². The first-order valence-corrected chi connectivity index (χ1v) is 8.36. The smallest absolute Gasteiger partial charge is 0.166 e. The topological polar surface area (TPSA) is 41.6 Å². The van der Waals surface area contributed by atoms with Crippen LogP contribution < -0.4 is 5.32 Å². The van der Waals surface area contributed by atoms with Gasteiger partial charge in [-0.25, -0.2) is 0 Å². The van der Waals surface area contributed by atoms with Crippen molar-refractivity contribution in [2.24, 2.45) is 0 Å². The molecule has 4 nitrogen and oxygen atoms in total. The van der Waals surface area contributed by atoms with Crippen LogP contribution in [0.5, 0.6) is 0 Å². The molecule has 0 aromatic carbocycles. The number of hydrogen-bond donors (Lipinski definition) is 1. The molecule has 0 saturated heterocycles. The highest BCUT2D eigenvalue weighted by Crippen LogP contribution is 2.01. The Labute approximate surface area is 138 Å². The first-order chi connectivity index (χ1) is 10.6. The fourth-order valence-corrected chi connectivity index (χ4v) is 1.60. The molecule has 0 aromatic rings. The van der Waals surface area contributed by atoms with E-state index in [0.29, 0.717) is 11.5 Å². The largest absolute Gasteiger partial charge is 0.497 e. The fourth-order valence-electron chi connectivity index (χ4n) is 1.60. The second kappa shape index (κ2) is 22.0. The minimum absolute atomic E-state index is 0.511. The molecule has 0 atom stereocenters. The van der Waals surface area contributed by atoms with Crippen molar-refractivity contribution in [2.75, 3.05) is 34.3 Å². The summed E-state index contributed by atoms with van der Waals surface area (Å²) in [5, 5.41) is 2.75. The van der Waals surface area contributed by atoms with Gasteiger partial charge in [0.1, 0.15) is 5.76 Å². The number of hydrogen-bond acceptors (Lipinski definition) is 4. The van der Waals surface area contributed by atoms with Crippen molar-refractivity contribution in [3.05, 3.63) is 23.6 Å². The zero-order chi connectivity index (χ0) is 17.8. The first kappa shape index (κ1) is 25.7. The van der Waals surface area contributed by atoms with Crippen LogP contribution in [-0.2, 0) is 9.53 Å². The third-order valence-corrected chi connectivity index (χ3v) is 2.57. The number of allylic oxidation sites excluding steroid dienone is 3. The average molecular weight is 315 g/mol. The lowest BCUT2D eigenvalue weighted by atomic mass is 10.3. The van der Waals surface area contributed by atoms with Gasteiger partial charge in [0.05, 0.1) is 12.8 Å². The highest BCUT2D eigenvalue weighted by Gasteiger charge is 1.93. The predicted molar refractivity (Wildman–Crippen MR) is 98.0 cm³/mol. The molecule has 22 heavy (non-hydrogen) atoms. The van der Waals surface area contributed by atoms with E-state index in [1.165, 1.54) is 25.9 Å². The quantitative estimate of drug-likeness (QED) is 0.302. The maximum absolute atomic E-state index is 10.4. The van der Waals surface area contributed by atoms with Crippen molar-refractivity contribution >= 4 is 6.29 Å². The summed E-state index contributed by atoms with van der Waals surface area (Å²) < 4.78 is 5.01. The molecule has 0 aliphatic carbocycles. The van der Waals surface area contributed by atoms with Crippen LogP contribution in [-0.4, -0.2) is 45.5 Å². The number of carbonyl (C=O) groups is 1. The van der Waals surface area contributed by atoms with Crippen molar-refractivity contribution in [1.29, 1.82) is 0 Å². The van der Waals surface area contributed by atoms with E-state index in [9.17, 15) is 4.79 Å². The number of rotatable bonds is 9. The molecule has 0 aliphatic rings. The Hall–Kier alpha value is -1.29. The van der Waals surface area contributed by atoms with Gasteiger partial charge < -0.3 is 15.0 Å². The van der Waals surface area contributed by atoms with E-state index in [1.807, 2.05) is 26.8 Å². The van der Waals surface area contributed by atoms with E-state index in [1.54, 1.807) is 20.2 Å². The van der Waals surface area contributed by atoms with Gasteiger partial charge >= 0.3 is 0 Å². The molecule has 0 unspecified atom stereocenters. The summed E-state index contributed by atoms with van der Waals surface area (Å²) in [7, 11) is 5.45. The van der Waals surface area contributed by atoms with Crippen molar-refractivity contribution in [1.82, 2.24) is 10.2 Å². The van der Waals surface area contributed by atoms with E-state index >= 15 is 0 Å². The van der Waals surface area contributed by atoms with E-state index in [4.69, 9.17) is 4.74 Å². The molecule has 4 heteroatoms. The molecule has 0 aromatic heterocycles. The van der Waals surface area contributed by atoms with E-state index in [0.717, 1.165) is 12.7 Å². The fraction of sp³-hybridized carbons (Fsp3) is 0.722. The molecule has 0 bridgehead atoms. The molecule has 0 fully saturated rings.